The second kappa shape index (κ2) is 13.8. The van der Waals surface area contributed by atoms with E-state index in [4.69, 9.17) is 9.47 Å². The number of esters is 1. The molecule has 1 saturated carbocycles. The highest BCUT2D eigenvalue weighted by Crippen LogP contribution is 2.41. The lowest BCUT2D eigenvalue weighted by Crippen LogP contribution is -2.54. The molecule has 2 N–H and O–H groups in total. The molecular formula is C30H47N3O6. The molecule has 4 atom stereocenters. The van der Waals surface area contributed by atoms with Crippen LogP contribution >= 0.6 is 0 Å². The van der Waals surface area contributed by atoms with Gasteiger partial charge in [0.25, 0.3) is 0 Å². The number of ether oxygens (including phenoxy) is 2. The lowest BCUT2D eigenvalue weighted by Gasteiger charge is -2.36. The first-order valence-electron chi connectivity index (χ1n) is 14.0. The zero-order chi connectivity index (χ0) is 29.5. The Labute approximate surface area is 233 Å². The third-order valence-electron chi connectivity index (χ3n) is 6.56. The molecule has 1 fully saturated rings. The molecule has 4 unspecified atom stereocenters. The number of nitrogens with one attached hydrogen (secondary N) is 2. The molecule has 1 aliphatic rings. The summed E-state index contributed by atoms with van der Waals surface area (Å²) in [6.45, 7) is 17.3. The molecule has 0 bridgehead atoms. The minimum absolute atomic E-state index is 0.0309. The Bertz CT molecular complexity index is 1030. The van der Waals surface area contributed by atoms with Gasteiger partial charge < -0.3 is 25.0 Å². The van der Waals surface area contributed by atoms with Crippen molar-refractivity contribution in [2.75, 3.05) is 13.2 Å². The van der Waals surface area contributed by atoms with Crippen LogP contribution in [0.4, 0.5) is 4.79 Å². The first kappa shape index (κ1) is 32.1. The van der Waals surface area contributed by atoms with E-state index < -0.39 is 29.7 Å². The zero-order valence-electron chi connectivity index (χ0n) is 25.1. The van der Waals surface area contributed by atoms with Crippen LogP contribution in [0, 0.1) is 25.7 Å². The fraction of sp³-hybridized carbons (Fsp3) is 0.667. The highest BCUT2D eigenvalue weighted by Gasteiger charge is 2.48. The molecule has 9 nitrogen and oxygen atoms in total. The number of benzene rings is 1. The molecule has 1 aliphatic carbocycles. The summed E-state index contributed by atoms with van der Waals surface area (Å²) in [4.78, 5) is 54.3. The van der Waals surface area contributed by atoms with Crippen molar-refractivity contribution in [1.82, 2.24) is 15.5 Å². The van der Waals surface area contributed by atoms with Crippen LogP contribution in [0.25, 0.3) is 0 Å². The zero-order valence-corrected chi connectivity index (χ0v) is 25.1. The molecule has 1 aromatic carbocycles. The van der Waals surface area contributed by atoms with Crippen LogP contribution in [0.3, 0.4) is 0 Å². The van der Waals surface area contributed by atoms with E-state index in [2.05, 4.69) is 10.6 Å². The molecule has 39 heavy (non-hydrogen) atoms. The van der Waals surface area contributed by atoms with E-state index in [-0.39, 0.29) is 49.3 Å². The van der Waals surface area contributed by atoms with Gasteiger partial charge in [-0.05, 0) is 77.3 Å². The predicted molar refractivity (Wildman–Crippen MR) is 150 cm³/mol. The molecule has 0 aromatic heterocycles. The van der Waals surface area contributed by atoms with Crippen LogP contribution < -0.4 is 10.6 Å². The van der Waals surface area contributed by atoms with Crippen molar-refractivity contribution >= 4 is 23.9 Å². The summed E-state index contributed by atoms with van der Waals surface area (Å²) in [5, 5.41) is 5.63. The topological polar surface area (TPSA) is 114 Å². The third kappa shape index (κ3) is 9.86. The number of aryl methyl sites for hydroxylation is 2. The molecule has 0 spiro atoms. The molecule has 1 aromatic rings. The van der Waals surface area contributed by atoms with E-state index >= 15 is 0 Å². The van der Waals surface area contributed by atoms with E-state index in [0.29, 0.717) is 12.0 Å². The summed E-state index contributed by atoms with van der Waals surface area (Å²) < 4.78 is 10.4. The number of amides is 3. The highest BCUT2D eigenvalue weighted by atomic mass is 16.6. The Morgan fingerprint density at radius 1 is 1.13 bits per heavy atom. The van der Waals surface area contributed by atoms with Crippen LogP contribution in [0.15, 0.2) is 18.2 Å². The number of hydrogen-bond acceptors (Lipinski definition) is 6. The lowest BCUT2D eigenvalue weighted by molar-refractivity contribution is -0.145. The van der Waals surface area contributed by atoms with Crippen molar-refractivity contribution in [2.24, 2.45) is 11.8 Å². The Kier molecular flexibility index (Phi) is 11.4. The highest BCUT2D eigenvalue weighted by molar-refractivity contribution is 5.93. The summed E-state index contributed by atoms with van der Waals surface area (Å²) in [5.41, 5.74) is 1.91. The van der Waals surface area contributed by atoms with Crippen LogP contribution in [-0.2, 0) is 23.9 Å². The van der Waals surface area contributed by atoms with Gasteiger partial charge in [-0.15, -0.1) is 0 Å². The van der Waals surface area contributed by atoms with Crippen LogP contribution in [-0.4, -0.2) is 59.6 Å². The van der Waals surface area contributed by atoms with E-state index in [1.165, 1.54) is 0 Å². The van der Waals surface area contributed by atoms with Crippen LogP contribution in [0.5, 0.6) is 0 Å². The summed E-state index contributed by atoms with van der Waals surface area (Å²) in [6.07, 6.45) is 0.500. The number of rotatable bonds is 12. The van der Waals surface area contributed by atoms with E-state index in [1.54, 1.807) is 32.6 Å². The molecule has 0 radical (unpaired) electrons. The van der Waals surface area contributed by atoms with Gasteiger partial charge in [-0.2, -0.15) is 0 Å². The Morgan fingerprint density at radius 3 is 2.28 bits per heavy atom. The van der Waals surface area contributed by atoms with Gasteiger partial charge in [0.2, 0.25) is 11.8 Å². The smallest absolute Gasteiger partial charge is 0.408 e. The maximum Gasteiger partial charge on any atom is 0.408 e. The molecule has 9 heteroatoms. The van der Waals surface area contributed by atoms with Gasteiger partial charge in [-0.1, -0.05) is 44.5 Å². The summed E-state index contributed by atoms with van der Waals surface area (Å²) in [5.74, 6) is -0.794. The summed E-state index contributed by atoms with van der Waals surface area (Å²) in [6, 6.07) is 3.84. The van der Waals surface area contributed by atoms with E-state index in [9.17, 15) is 19.2 Å². The largest absolute Gasteiger partial charge is 0.466 e. The summed E-state index contributed by atoms with van der Waals surface area (Å²) in [7, 11) is 0. The predicted octanol–water partition coefficient (Wildman–Crippen LogP) is 4.59. The molecule has 218 valence electrons. The third-order valence-corrected chi connectivity index (χ3v) is 6.56. The van der Waals surface area contributed by atoms with Crippen molar-refractivity contribution in [3.63, 3.8) is 0 Å². The first-order chi connectivity index (χ1) is 18.1. The maximum atomic E-state index is 14.3. The minimum atomic E-state index is -0.926. The average molecular weight is 546 g/mol. The molecular weight excluding hydrogens is 498 g/mol. The van der Waals surface area contributed by atoms with Gasteiger partial charge in [0, 0.05) is 12.6 Å². The van der Waals surface area contributed by atoms with Gasteiger partial charge in [-0.3, -0.25) is 14.4 Å². The Morgan fingerprint density at radius 2 is 1.77 bits per heavy atom. The first-order valence-corrected chi connectivity index (χ1v) is 14.0. The van der Waals surface area contributed by atoms with Gasteiger partial charge >= 0.3 is 12.1 Å². The molecule has 2 rings (SSSR count). The Balaban J connectivity index is 2.47. The number of carbonyl (C=O) groups excluding carboxylic acids is 4. The molecule has 3 amide bonds. The number of alkyl carbamates (subject to hydrolysis) is 1. The fourth-order valence-electron chi connectivity index (χ4n) is 4.66. The standard InChI is InChI=1S/C30H47N3O6/c1-10-38-25(34)13-14-31-27(35)26(22-12-11-19(4)16-20(22)5)33(24-17-21(24)6)28(36)23(15-18(2)3)32-29(37)39-30(7,8)9/h11-12,16,18,21,23-24,26H,10,13-15,17H2,1-9H3,(H,31,35)(H,32,37). The Hall–Kier alpha value is -3.10. The SMILES string of the molecule is CCOC(=O)CCNC(=O)C(c1ccc(C)cc1C)N(C(=O)C(CC(C)C)NC(=O)OC(C)(C)C)C1CC1C. The average Bonchev–Trinajstić information content (AvgIpc) is 3.51. The second-order valence-electron chi connectivity index (χ2n) is 12.0. The summed E-state index contributed by atoms with van der Waals surface area (Å²) >= 11 is 0. The second-order valence-corrected chi connectivity index (χ2v) is 12.0. The van der Waals surface area contributed by atoms with E-state index in [1.807, 2.05) is 52.8 Å². The van der Waals surface area contributed by atoms with Crippen LogP contribution in [0.2, 0.25) is 0 Å². The van der Waals surface area contributed by atoms with Crippen molar-refractivity contribution in [2.45, 2.75) is 105 Å². The van der Waals surface area contributed by atoms with Gasteiger partial charge in [0.05, 0.1) is 13.0 Å². The van der Waals surface area contributed by atoms with Gasteiger partial charge in [-0.25, -0.2) is 4.79 Å². The molecule has 0 saturated heterocycles. The lowest BCUT2D eigenvalue weighted by atomic mass is 9.95. The molecule has 0 heterocycles. The molecule has 0 aliphatic heterocycles. The number of nitrogens with zero attached hydrogens (tertiary/aromatic N) is 1. The van der Waals surface area contributed by atoms with Gasteiger partial charge in [0.15, 0.2) is 0 Å². The maximum absolute atomic E-state index is 14.3. The van der Waals surface area contributed by atoms with Crippen molar-refractivity contribution in [3.05, 3.63) is 34.9 Å². The normalized spacial score (nSPS) is 18.1. The fourth-order valence-corrected chi connectivity index (χ4v) is 4.66. The quantitative estimate of drug-likeness (QED) is 0.372. The van der Waals surface area contributed by atoms with Crippen molar-refractivity contribution < 1.29 is 28.7 Å². The number of carbonyl (C=O) groups is 4. The van der Waals surface area contributed by atoms with Crippen LogP contribution in [0.1, 0.15) is 90.5 Å². The van der Waals surface area contributed by atoms with Crippen molar-refractivity contribution in [1.29, 1.82) is 0 Å². The van der Waals surface area contributed by atoms with Crippen molar-refractivity contribution in [3.8, 4) is 0 Å². The van der Waals surface area contributed by atoms with E-state index in [0.717, 1.165) is 17.5 Å². The minimum Gasteiger partial charge on any atom is -0.466 e. The van der Waals surface area contributed by atoms with Gasteiger partial charge in [0.1, 0.15) is 17.7 Å². The number of hydrogen-bond donors (Lipinski definition) is 2. The monoisotopic (exact) mass is 545 g/mol.